The van der Waals surface area contributed by atoms with Gasteiger partial charge in [0.15, 0.2) is 11.5 Å². The van der Waals surface area contributed by atoms with Crippen LogP contribution in [-0.2, 0) is 17.8 Å². The van der Waals surface area contributed by atoms with Crippen LogP contribution in [0.15, 0.2) is 42.6 Å². The van der Waals surface area contributed by atoms with E-state index in [-0.39, 0.29) is 0 Å². The summed E-state index contributed by atoms with van der Waals surface area (Å²) in [5.74, 6) is 1.13. The third-order valence-corrected chi connectivity index (χ3v) is 7.35. The molecule has 4 aromatic rings. The van der Waals surface area contributed by atoms with E-state index in [1.165, 1.54) is 0 Å². The molecule has 5 rings (SSSR count). The van der Waals surface area contributed by atoms with Gasteiger partial charge in [-0.2, -0.15) is 0 Å². The summed E-state index contributed by atoms with van der Waals surface area (Å²) in [6, 6.07) is 10.6. The van der Waals surface area contributed by atoms with Crippen LogP contribution in [0.3, 0.4) is 0 Å². The Labute approximate surface area is 200 Å². The number of benzene rings is 2. The summed E-state index contributed by atoms with van der Waals surface area (Å²) in [4.78, 5) is 23.6. The summed E-state index contributed by atoms with van der Waals surface area (Å²) in [5, 5.41) is 11.9. The van der Waals surface area contributed by atoms with E-state index in [2.05, 4.69) is 4.98 Å². The fourth-order valence-corrected chi connectivity index (χ4v) is 5.69. The molecule has 2 N–H and O–H groups in total. The number of hydrogen-bond acceptors (Lipinski definition) is 7. The number of aliphatic carboxylic acids is 1. The van der Waals surface area contributed by atoms with E-state index >= 15 is 0 Å². The maximum atomic E-state index is 12.4. The number of nitrogens with one attached hydrogen (secondary N) is 1. The Morgan fingerprint density at radius 1 is 1.12 bits per heavy atom. The van der Waals surface area contributed by atoms with E-state index in [0.717, 1.165) is 37.6 Å². The van der Waals surface area contributed by atoms with Gasteiger partial charge in [0.05, 0.1) is 32.5 Å². The van der Waals surface area contributed by atoms with Gasteiger partial charge < -0.3 is 24.3 Å². The van der Waals surface area contributed by atoms with Crippen molar-refractivity contribution in [1.82, 2.24) is 14.9 Å². The first kappa shape index (κ1) is 22.2. The zero-order valence-electron chi connectivity index (χ0n) is 19.1. The molecule has 2 aromatic heterocycles. The van der Waals surface area contributed by atoms with Gasteiger partial charge in [-0.1, -0.05) is 12.1 Å². The van der Waals surface area contributed by atoms with Crippen LogP contribution in [0.4, 0.5) is 0 Å². The average molecular weight is 480 g/mol. The fourth-order valence-electron chi connectivity index (χ4n) is 4.56. The Balaban J connectivity index is 1.46. The minimum absolute atomic E-state index is 0.522. The quantitative estimate of drug-likeness (QED) is 0.403. The number of hydrogen-bond donors (Lipinski definition) is 2. The van der Waals surface area contributed by atoms with E-state index in [9.17, 15) is 9.90 Å². The topological polar surface area (TPSA) is 96.9 Å². The second kappa shape index (κ2) is 9.00. The third kappa shape index (κ3) is 3.76. The Kier molecular flexibility index (Phi) is 5.89. The molecule has 0 aliphatic carbocycles. The van der Waals surface area contributed by atoms with Crippen LogP contribution in [0.1, 0.15) is 22.2 Å². The number of methoxy groups -OCH3 is 3. The van der Waals surface area contributed by atoms with Gasteiger partial charge in [0.2, 0.25) is 0 Å². The number of thiazole rings is 1. The molecule has 176 valence electrons. The van der Waals surface area contributed by atoms with E-state index < -0.39 is 12.0 Å². The standard InChI is InChI=1S/C25H25N3O5S/c1-31-18-8-7-14(11-20(18)33-3)24-27-17-9-10-28(13-21(17)34-24)23(25(29)30)16-12-26-22-15(16)5-4-6-19(22)32-2/h4-8,11-12,23,26H,9-10,13H2,1-3H3,(H,29,30). The van der Waals surface area contributed by atoms with Gasteiger partial charge in [0, 0.05) is 47.1 Å². The first-order chi connectivity index (χ1) is 16.5. The SMILES string of the molecule is COc1ccc(-c2nc3c(s2)CN(C(C(=O)O)c2c[nH]c4c(OC)cccc24)CC3)cc1OC. The molecule has 0 spiro atoms. The van der Waals surface area contributed by atoms with Crippen LogP contribution < -0.4 is 14.2 Å². The molecule has 1 aliphatic heterocycles. The molecular formula is C25H25N3O5S. The number of H-pyrrole nitrogens is 1. The summed E-state index contributed by atoms with van der Waals surface area (Å²) < 4.78 is 16.2. The van der Waals surface area contributed by atoms with Crippen LogP contribution in [-0.4, -0.2) is 53.8 Å². The van der Waals surface area contributed by atoms with Gasteiger partial charge in [0.25, 0.3) is 0 Å². The molecule has 3 heterocycles. The molecule has 0 amide bonds. The van der Waals surface area contributed by atoms with Crippen LogP contribution in [0.5, 0.6) is 17.2 Å². The Morgan fingerprint density at radius 3 is 2.65 bits per heavy atom. The number of ether oxygens (including phenoxy) is 3. The Hall–Kier alpha value is -3.56. The molecule has 0 saturated heterocycles. The van der Waals surface area contributed by atoms with Crippen molar-refractivity contribution in [2.45, 2.75) is 19.0 Å². The monoisotopic (exact) mass is 479 g/mol. The van der Waals surface area contributed by atoms with Crippen molar-refractivity contribution in [3.8, 4) is 27.8 Å². The zero-order chi connectivity index (χ0) is 23.8. The number of aromatic nitrogens is 2. The van der Waals surface area contributed by atoms with Crippen LogP contribution >= 0.6 is 11.3 Å². The maximum absolute atomic E-state index is 12.4. The Morgan fingerprint density at radius 2 is 1.91 bits per heavy atom. The van der Waals surface area contributed by atoms with Crippen molar-refractivity contribution in [3.63, 3.8) is 0 Å². The molecule has 0 fully saturated rings. The number of fused-ring (bicyclic) bond motifs is 2. The normalized spacial score (nSPS) is 14.6. The summed E-state index contributed by atoms with van der Waals surface area (Å²) in [7, 11) is 4.82. The van der Waals surface area contributed by atoms with E-state index in [1.54, 1.807) is 38.9 Å². The van der Waals surface area contributed by atoms with Crippen molar-refractivity contribution < 1.29 is 24.1 Å². The number of nitrogens with zero attached hydrogens (tertiary/aromatic N) is 2. The lowest BCUT2D eigenvalue weighted by atomic mass is 10.0. The lowest BCUT2D eigenvalue weighted by Gasteiger charge is -2.31. The van der Waals surface area contributed by atoms with Gasteiger partial charge in [0.1, 0.15) is 16.8 Å². The van der Waals surface area contributed by atoms with Gasteiger partial charge >= 0.3 is 5.97 Å². The van der Waals surface area contributed by atoms with Crippen LogP contribution in [0.2, 0.25) is 0 Å². The number of carboxylic acid groups (broad SMARTS) is 1. The predicted octanol–water partition coefficient (Wildman–Crippen LogP) is 4.50. The molecular weight excluding hydrogens is 454 g/mol. The molecule has 1 unspecified atom stereocenters. The number of carbonyl (C=O) groups is 1. The minimum Gasteiger partial charge on any atom is -0.495 e. The van der Waals surface area contributed by atoms with Crippen molar-refractivity contribution in [2.75, 3.05) is 27.9 Å². The van der Waals surface area contributed by atoms with E-state index in [1.807, 2.05) is 41.3 Å². The molecule has 1 atom stereocenters. The van der Waals surface area contributed by atoms with Crippen molar-refractivity contribution >= 4 is 28.2 Å². The summed E-state index contributed by atoms with van der Waals surface area (Å²) >= 11 is 1.59. The van der Waals surface area contributed by atoms with Gasteiger partial charge in [-0.25, -0.2) is 4.98 Å². The van der Waals surface area contributed by atoms with Crippen LogP contribution in [0.25, 0.3) is 21.5 Å². The molecule has 0 bridgehead atoms. The predicted molar refractivity (Wildman–Crippen MR) is 130 cm³/mol. The van der Waals surface area contributed by atoms with Crippen molar-refractivity contribution in [2.24, 2.45) is 0 Å². The average Bonchev–Trinajstić information content (AvgIpc) is 3.48. The lowest BCUT2D eigenvalue weighted by molar-refractivity contribution is -0.144. The highest BCUT2D eigenvalue weighted by molar-refractivity contribution is 7.15. The third-order valence-electron chi connectivity index (χ3n) is 6.21. The van der Waals surface area contributed by atoms with Gasteiger partial charge in [-0.05, 0) is 24.3 Å². The van der Waals surface area contributed by atoms with Gasteiger partial charge in [-0.15, -0.1) is 11.3 Å². The lowest BCUT2D eigenvalue weighted by Crippen LogP contribution is -2.37. The summed E-state index contributed by atoms with van der Waals surface area (Å²) in [6.45, 7) is 1.13. The molecule has 8 nitrogen and oxygen atoms in total. The maximum Gasteiger partial charge on any atom is 0.325 e. The largest absolute Gasteiger partial charge is 0.495 e. The number of para-hydroxylation sites is 1. The first-order valence-electron chi connectivity index (χ1n) is 10.9. The fraction of sp³-hybridized carbons (Fsp3) is 0.280. The summed E-state index contributed by atoms with van der Waals surface area (Å²) in [6.07, 6.45) is 2.47. The van der Waals surface area contributed by atoms with E-state index in [0.29, 0.717) is 36.8 Å². The number of rotatable bonds is 7. The Bertz CT molecular complexity index is 1360. The zero-order valence-corrected chi connectivity index (χ0v) is 19.9. The second-order valence-corrected chi connectivity index (χ2v) is 9.13. The smallest absolute Gasteiger partial charge is 0.325 e. The van der Waals surface area contributed by atoms with Crippen molar-refractivity contribution in [1.29, 1.82) is 0 Å². The minimum atomic E-state index is -0.878. The van der Waals surface area contributed by atoms with Gasteiger partial charge in [-0.3, -0.25) is 9.69 Å². The number of carboxylic acids is 1. The van der Waals surface area contributed by atoms with Crippen molar-refractivity contribution in [3.05, 3.63) is 58.7 Å². The highest BCUT2D eigenvalue weighted by atomic mass is 32.1. The first-order valence-corrected chi connectivity index (χ1v) is 11.7. The molecule has 2 aromatic carbocycles. The molecule has 0 saturated carbocycles. The number of aromatic amines is 1. The highest BCUT2D eigenvalue weighted by Gasteiger charge is 2.33. The van der Waals surface area contributed by atoms with E-state index in [4.69, 9.17) is 19.2 Å². The molecule has 0 radical (unpaired) electrons. The second-order valence-electron chi connectivity index (χ2n) is 8.05. The molecule has 1 aliphatic rings. The highest BCUT2D eigenvalue weighted by Crippen LogP contribution is 2.39. The molecule has 34 heavy (non-hydrogen) atoms. The summed E-state index contributed by atoms with van der Waals surface area (Å²) in [5.41, 5.74) is 3.50. The van der Waals surface area contributed by atoms with Crippen LogP contribution in [0, 0.1) is 0 Å². The molecule has 9 heteroatoms.